The largest absolute Gasteiger partial charge is 0.353 e. The van der Waals surface area contributed by atoms with Crippen LogP contribution in [0.25, 0.3) is 0 Å². The summed E-state index contributed by atoms with van der Waals surface area (Å²) >= 11 is 0. The van der Waals surface area contributed by atoms with E-state index in [1.165, 1.54) is 6.92 Å². The van der Waals surface area contributed by atoms with Crippen LogP contribution in [-0.4, -0.2) is 11.9 Å². The number of nitrogens with one attached hydrogen (secondary N) is 1. The number of carbonyl (C=O) groups is 1. The Morgan fingerprint density at radius 2 is 2.40 bits per heavy atom. The fraction of sp³-hybridized carbons (Fsp3) is 0.625. The molecule has 0 aromatic heterocycles. The molecule has 0 rings (SSSR count). The minimum Gasteiger partial charge on any atom is -0.353 e. The zero-order valence-corrected chi connectivity index (χ0v) is 6.68. The van der Waals surface area contributed by atoms with Crippen LogP contribution < -0.4 is 5.32 Å². The highest BCUT2D eigenvalue weighted by Gasteiger charge is 2.03. The Labute approximate surface area is 62.3 Å². The normalized spacial score (nSPS) is 12.2. The third-order valence-electron chi connectivity index (χ3n) is 1.35. The maximum absolute atomic E-state index is 10.5. The smallest absolute Gasteiger partial charge is 0.217 e. The maximum Gasteiger partial charge on any atom is 0.217 e. The lowest BCUT2D eigenvalue weighted by Gasteiger charge is -2.12. The molecule has 58 valence electrons. The van der Waals surface area contributed by atoms with Crippen LogP contribution in [0, 0.1) is 0 Å². The first-order chi connectivity index (χ1) is 4.70. The summed E-state index contributed by atoms with van der Waals surface area (Å²) in [6, 6.07) is 0.273. The molecule has 0 aliphatic rings. The standard InChI is InChI=1S/C8H15NO/c1-4-6-8(5-2)9-7(3)10/h4,8H,1,5-6H2,2-3H3,(H,9,10). The minimum atomic E-state index is 0.0358. The van der Waals surface area contributed by atoms with Crippen molar-refractivity contribution in [1.82, 2.24) is 5.32 Å². The molecular weight excluding hydrogens is 126 g/mol. The number of carbonyl (C=O) groups excluding carboxylic acids is 1. The molecule has 2 heteroatoms. The van der Waals surface area contributed by atoms with E-state index in [2.05, 4.69) is 11.9 Å². The molecule has 0 aromatic rings. The lowest BCUT2D eigenvalue weighted by molar-refractivity contribution is -0.119. The first-order valence-electron chi connectivity index (χ1n) is 3.58. The summed E-state index contributed by atoms with van der Waals surface area (Å²) in [6.07, 6.45) is 3.64. The zero-order chi connectivity index (χ0) is 7.98. The molecular formula is C8H15NO. The van der Waals surface area contributed by atoms with Crippen LogP contribution >= 0.6 is 0 Å². The summed E-state index contributed by atoms with van der Waals surface area (Å²) < 4.78 is 0. The first-order valence-corrected chi connectivity index (χ1v) is 3.58. The number of hydrogen-bond acceptors (Lipinski definition) is 1. The minimum absolute atomic E-state index is 0.0358. The number of amides is 1. The van der Waals surface area contributed by atoms with Crippen molar-refractivity contribution in [2.24, 2.45) is 0 Å². The predicted molar refractivity (Wildman–Crippen MR) is 42.7 cm³/mol. The van der Waals surface area contributed by atoms with Gasteiger partial charge in [-0.15, -0.1) is 6.58 Å². The van der Waals surface area contributed by atoms with Crippen molar-refractivity contribution < 1.29 is 4.79 Å². The van der Waals surface area contributed by atoms with Crippen molar-refractivity contribution in [3.63, 3.8) is 0 Å². The van der Waals surface area contributed by atoms with E-state index in [9.17, 15) is 4.79 Å². The van der Waals surface area contributed by atoms with Crippen molar-refractivity contribution in [2.75, 3.05) is 0 Å². The summed E-state index contributed by atoms with van der Waals surface area (Å²) in [7, 11) is 0. The van der Waals surface area contributed by atoms with Crippen molar-refractivity contribution in [3.05, 3.63) is 12.7 Å². The van der Waals surface area contributed by atoms with Gasteiger partial charge in [-0.2, -0.15) is 0 Å². The highest BCUT2D eigenvalue weighted by atomic mass is 16.1. The Bertz CT molecular complexity index is 120. The lowest BCUT2D eigenvalue weighted by Crippen LogP contribution is -2.31. The van der Waals surface area contributed by atoms with Gasteiger partial charge in [0, 0.05) is 13.0 Å². The van der Waals surface area contributed by atoms with Gasteiger partial charge in [0.1, 0.15) is 0 Å². The Kier molecular flexibility index (Phi) is 4.63. The summed E-state index contributed by atoms with van der Waals surface area (Å²) in [5.41, 5.74) is 0. The van der Waals surface area contributed by atoms with Crippen LogP contribution in [-0.2, 0) is 4.79 Å². The molecule has 0 heterocycles. The van der Waals surface area contributed by atoms with E-state index < -0.39 is 0 Å². The van der Waals surface area contributed by atoms with E-state index >= 15 is 0 Å². The maximum atomic E-state index is 10.5. The molecule has 1 N–H and O–H groups in total. The fourth-order valence-corrected chi connectivity index (χ4v) is 0.816. The molecule has 1 unspecified atom stereocenters. The molecule has 2 nitrogen and oxygen atoms in total. The second-order valence-corrected chi connectivity index (χ2v) is 2.33. The van der Waals surface area contributed by atoms with Gasteiger partial charge < -0.3 is 5.32 Å². The Balaban J connectivity index is 3.59. The SMILES string of the molecule is C=CCC(CC)NC(C)=O. The van der Waals surface area contributed by atoms with Crippen LogP contribution in [0.1, 0.15) is 26.7 Å². The molecule has 0 saturated heterocycles. The summed E-state index contributed by atoms with van der Waals surface area (Å²) in [4.78, 5) is 10.5. The molecule has 10 heavy (non-hydrogen) atoms. The Hall–Kier alpha value is -0.790. The van der Waals surface area contributed by atoms with E-state index in [0.29, 0.717) is 0 Å². The predicted octanol–water partition coefficient (Wildman–Crippen LogP) is 1.48. The monoisotopic (exact) mass is 141 g/mol. The van der Waals surface area contributed by atoms with Gasteiger partial charge in [0.05, 0.1) is 0 Å². The van der Waals surface area contributed by atoms with Gasteiger partial charge in [0.25, 0.3) is 0 Å². The average molecular weight is 141 g/mol. The van der Waals surface area contributed by atoms with Crippen LogP contribution in [0.2, 0.25) is 0 Å². The zero-order valence-electron chi connectivity index (χ0n) is 6.68. The second kappa shape index (κ2) is 5.03. The van der Waals surface area contributed by atoms with Crippen molar-refractivity contribution >= 4 is 5.91 Å². The molecule has 0 aliphatic carbocycles. The molecule has 0 aromatic carbocycles. The number of rotatable bonds is 4. The topological polar surface area (TPSA) is 29.1 Å². The highest BCUT2D eigenvalue weighted by Crippen LogP contribution is 1.96. The summed E-state index contributed by atoms with van der Waals surface area (Å²) in [5.74, 6) is 0.0358. The Morgan fingerprint density at radius 3 is 2.70 bits per heavy atom. The quantitative estimate of drug-likeness (QED) is 0.590. The fourth-order valence-electron chi connectivity index (χ4n) is 0.816. The molecule has 0 radical (unpaired) electrons. The van der Waals surface area contributed by atoms with Gasteiger partial charge in [0.2, 0.25) is 5.91 Å². The van der Waals surface area contributed by atoms with Gasteiger partial charge >= 0.3 is 0 Å². The van der Waals surface area contributed by atoms with Crippen molar-refractivity contribution in [2.45, 2.75) is 32.7 Å². The third kappa shape index (κ3) is 4.13. The van der Waals surface area contributed by atoms with Gasteiger partial charge in [0.15, 0.2) is 0 Å². The van der Waals surface area contributed by atoms with Crippen LogP contribution in [0.4, 0.5) is 0 Å². The molecule has 0 fully saturated rings. The third-order valence-corrected chi connectivity index (χ3v) is 1.35. The summed E-state index contributed by atoms with van der Waals surface area (Å²) in [5, 5.41) is 2.82. The molecule has 1 amide bonds. The number of hydrogen-bond donors (Lipinski definition) is 1. The van der Waals surface area contributed by atoms with Gasteiger partial charge in [-0.25, -0.2) is 0 Å². The molecule has 1 atom stereocenters. The van der Waals surface area contributed by atoms with Gasteiger partial charge in [-0.05, 0) is 12.8 Å². The van der Waals surface area contributed by atoms with Crippen LogP contribution in [0.15, 0.2) is 12.7 Å². The average Bonchev–Trinajstić information content (AvgIpc) is 1.86. The van der Waals surface area contributed by atoms with Crippen molar-refractivity contribution in [1.29, 1.82) is 0 Å². The summed E-state index contributed by atoms with van der Waals surface area (Å²) in [6.45, 7) is 7.18. The highest BCUT2D eigenvalue weighted by molar-refractivity contribution is 5.73. The van der Waals surface area contributed by atoms with E-state index in [0.717, 1.165) is 12.8 Å². The van der Waals surface area contributed by atoms with Gasteiger partial charge in [-0.3, -0.25) is 4.79 Å². The van der Waals surface area contributed by atoms with E-state index in [-0.39, 0.29) is 11.9 Å². The van der Waals surface area contributed by atoms with E-state index in [4.69, 9.17) is 0 Å². The van der Waals surface area contributed by atoms with E-state index in [1.807, 2.05) is 13.0 Å². The van der Waals surface area contributed by atoms with Crippen LogP contribution in [0.5, 0.6) is 0 Å². The molecule has 0 aliphatic heterocycles. The molecule has 0 bridgehead atoms. The first kappa shape index (κ1) is 9.21. The van der Waals surface area contributed by atoms with Gasteiger partial charge in [-0.1, -0.05) is 13.0 Å². The van der Waals surface area contributed by atoms with E-state index in [1.54, 1.807) is 0 Å². The second-order valence-electron chi connectivity index (χ2n) is 2.33. The van der Waals surface area contributed by atoms with Crippen molar-refractivity contribution in [3.8, 4) is 0 Å². The van der Waals surface area contributed by atoms with Crippen LogP contribution in [0.3, 0.4) is 0 Å². The Morgan fingerprint density at radius 1 is 1.80 bits per heavy atom. The lowest BCUT2D eigenvalue weighted by atomic mass is 10.1. The molecule has 0 spiro atoms. The molecule has 0 saturated carbocycles.